The van der Waals surface area contributed by atoms with E-state index in [1.165, 1.54) is 51.9 Å². The number of aliphatic hydroxyl groups is 1. The third kappa shape index (κ3) is 3.30. The first-order chi connectivity index (χ1) is 9.21. The molecule has 2 atom stereocenters. The van der Waals surface area contributed by atoms with Gasteiger partial charge in [0.05, 0.1) is 6.61 Å². The second-order valence-electron chi connectivity index (χ2n) is 6.95. The van der Waals surface area contributed by atoms with Gasteiger partial charge in [-0.2, -0.15) is 0 Å². The summed E-state index contributed by atoms with van der Waals surface area (Å²) in [5.74, 6) is 0. The fourth-order valence-corrected chi connectivity index (χ4v) is 3.81. The minimum absolute atomic E-state index is 0.0213. The highest BCUT2D eigenvalue weighted by molar-refractivity contribution is 5.01. The first-order valence-electron chi connectivity index (χ1n) is 8.02. The second kappa shape index (κ2) is 5.68. The number of nitrogens with zero attached hydrogens (tertiary/aromatic N) is 2. The minimum atomic E-state index is 0.0213. The molecule has 2 saturated carbocycles. The first-order valence-corrected chi connectivity index (χ1v) is 8.02. The molecule has 19 heavy (non-hydrogen) atoms. The summed E-state index contributed by atoms with van der Waals surface area (Å²) in [6, 6.07) is 1.37. The van der Waals surface area contributed by atoms with E-state index in [1.54, 1.807) is 0 Å². The van der Waals surface area contributed by atoms with Crippen LogP contribution in [-0.2, 0) is 0 Å². The molecule has 0 aromatic rings. The summed E-state index contributed by atoms with van der Waals surface area (Å²) in [5.41, 5.74) is 0.0213. The van der Waals surface area contributed by atoms with E-state index in [1.807, 2.05) is 0 Å². The van der Waals surface area contributed by atoms with Crippen molar-refractivity contribution in [2.24, 2.45) is 0 Å². The molecule has 4 nitrogen and oxygen atoms in total. The summed E-state index contributed by atoms with van der Waals surface area (Å²) >= 11 is 0. The Morgan fingerprint density at radius 3 is 2.53 bits per heavy atom. The number of nitrogens with one attached hydrogen (secondary N) is 1. The Balaban J connectivity index is 1.59. The predicted molar refractivity (Wildman–Crippen MR) is 77.3 cm³/mol. The Kier molecular flexibility index (Phi) is 4.13. The van der Waals surface area contributed by atoms with Gasteiger partial charge < -0.3 is 15.3 Å². The van der Waals surface area contributed by atoms with Gasteiger partial charge in [0.15, 0.2) is 0 Å². The van der Waals surface area contributed by atoms with E-state index >= 15 is 0 Å². The number of hydrogen-bond acceptors (Lipinski definition) is 4. The van der Waals surface area contributed by atoms with Crippen molar-refractivity contribution in [1.82, 2.24) is 15.1 Å². The molecule has 0 spiro atoms. The van der Waals surface area contributed by atoms with E-state index in [2.05, 4.69) is 22.2 Å². The normalized spacial score (nSPS) is 38.5. The summed E-state index contributed by atoms with van der Waals surface area (Å²) in [7, 11) is 2.21. The number of likely N-dealkylation sites (N-methyl/N-ethyl adjacent to an activating group) is 1. The summed E-state index contributed by atoms with van der Waals surface area (Å²) in [6.07, 6.45) is 7.49. The molecule has 2 unspecified atom stereocenters. The lowest BCUT2D eigenvalue weighted by Crippen LogP contribution is -2.58. The van der Waals surface area contributed by atoms with Crippen molar-refractivity contribution in [2.75, 3.05) is 39.8 Å². The zero-order chi connectivity index (χ0) is 13.3. The topological polar surface area (TPSA) is 38.7 Å². The monoisotopic (exact) mass is 267 g/mol. The highest BCUT2D eigenvalue weighted by Crippen LogP contribution is 2.34. The second-order valence-corrected chi connectivity index (χ2v) is 6.95. The van der Waals surface area contributed by atoms with Gasteiger partial charge in [-0.3, -0.25) is 4.90 Å². The quantitative estimate of drug-likeness (QED) is 0.785. The van der Waals surface area contributed by atoms with Crippen LogP contribution in [0.4, 0.5) is 0 Å². The van der Waals surface area contributed by atoms with E-state index in [4.69, 9.17) is 0 Å². The maximum Gasteiger partial charge on any atom is 0.0613 e. The smallest absolute Gasteiger partial charge is 0.0613 e. The van der Waals surface area contributed by atoms with Crippen molar-refractivity contribution in [1.29, 1.82) is 0 Å². The van der Waals surface area contributed by atoms with Gasteiger partial charge in [0.2, 0.25) is 0 Å². The Hall–Kier alpha value is -0.160. The van der Waals surface area contributed by atoms with Crippen LogP contribution in [0.5, 0.6) is 0 Å². The molecule has 2 N–H and O–H groups in total. The fourth-order valence-electron chi connectivity index (χ4n) is 3.81. The van der Waals surface area contributed by atoms with Gasteiger partial charge in [-0.1, -0.05) is 0 Å². The summed E-state index contributed by atoms with van der Waals surface area (Å²) in [5, 5.41) is 13.6. The van der Waals surface area contributed by atoms with Crippen LogP contribution in [-0.4, -0.2) is 72.4 Å². The molecule has 110 valence electrons. The molecule has 1 heterocycles. The van der Waals surface area contributed by atoms with Gasteiger partial charge in [-0.15, -0.1) is 0 Å². The van der Waals surface area contributed by atoms with E-state index in [0.29, 0.717) is 18.7 Å². The first kappa shape index (κ1) is 13.8. The Bertz CT molecular complexity index is 300. The molecule has 1 saturated heterocycles. The molecule has 0 radical (unpaired) electrons. The van der Waals surface area contributed by atoms with Crippen LogP contribution in [0.25, 0.3) is 0 Å². The largest absolute Gasteiger partial charge is 0.394 e. The number of aliphatic hydroxyl groups excluding tert-OH is 1. The average Bonchev–Trinajstić information content (AvgIpc) is 3.24. The van der Waals surface area contributed by atoms with E-state index in [9.17, 15) is 5.11 Å². The lowest BCUT2D eigenvalue weighted by atomic mass is 9.78. The molecule has 3 aliphatic rings. The SMILES string of the molecule is CN1CCN(C2CCCC(CO)(NC3CC3)C2)CC1. The number of rotatable bonds is 4. The molecular weight excluding hydrogens is 238 g/mol. The van der Waals surface area contributed by atoms with Crippen LogP contribution in [0.2, 0.25) is 0 Å². The molecule has 0 amide bonds. The maximum absolute atomic E-state index is 9.89. The van der Waals surface area contributed by atoms with Crippen LogP contribution in [0.15, 0.2) is 0 Å². The summed E-state index contributed by atoms with van der Waals surface area (Å²) in [6.45, 7) is 5.10. The standard InChI is InChI=1S/C15H29N3O/c1-17-7-9-18(10-8-17)14-3-2-6-15(11-14,12-19)16-13-4-5-13/h13-14,16,19H,2-12H2,1H3. The molecule has 0 aromatic heterocycles. The lowest BCUT2D eigenvalue weighted by molar-refractivity contribution is 0.0365. The van der Waals surface area contributed by atoms with Crippen molar-refractivity contribution in [3.63, 3.8) is 0 Å². The molecule has 3 fully saturated rings. The molecule has 3 rings (SSSR count). The Labute approximate surface area is 117 Å². The van der Waals surface area contributed by atoms with Crippen LogP contribution < -0.4 is 5.32 Å². The van der Waals surface area contributed by atoms with Crippen molar-refractivity contribution in [2.45, 2.75) is 56.1 Å². The van der Waals surface area contributed by atoms with E-state index < -0.39 is 0 Å². The molecular formula is C15H29N3O. The van der Waals surface area contributed by atoms with Crippen molar-refractivity contribution < 1.29 is 5.11 Å². The van der Waals surface area contributed by atoms with Crippen LogP contribution in [0.1, 0.15) is 38.5 Å². The zero-order valence-corrected chi connectivity index (χ0v) is 12.3. The third-order valence-corrected chi connectivity index (χ3v) is 5.26. The highest BCUT2D eigenvalue weighted by atomic mass is 16.3. The predicted octanol–water partition coefficient (Wildman–Crippen LogP) is 0.660. The lowest BCUT2D eigenvalue weighted by Gasteiger charge is -2.46. The van der Waals surface area contributed by atoms with Crippen molar-refractivity contribution in [3.8, 4) is 0 Å². The van der Waals surface area contributed by atoms with Gasteiger partial charge in [0, 0.05) is 43.8 Å². The average molecular weight is 267 g/mol. The maximum atomic E-state index is 9.89. The molecule has 2 aliphatic carbocycles. The van der Waals surface area contributed by atoms with Crippen molar-refractivity contribution in [3.05, 3.63) is 0 Å². The van der Waals surface area contributed by atoms with Crippen LogP contribution in [0.3, 0.4) is 0 Å². The van der Waals surface area contributed by atoms with Gasteiger partial charge in [-0.05, 0) is 45.6 Å². The van der Waals surface area contributed by atoms with Gasteiger partial charge >= 0.3 is 0 Å². The molecule has 0 bridgehead atoms. The van der Waals surface area contributed by atoms with Crippen LogP contribution >= 0.6 is 0 Å². The minimum Gasteiger partial charge on any atom is -0.394 e. The summed E-state index contributed by atoms with van der Waals surface area (Å²) < 4.78 is 0. The van der Waals surface area contributed by atoms with Gasteiger partial charge in [0.1, 0.15) is 0 Å². The number of hydrogen-bond donors (Lipinski definition) is 2. The van der Waals surface area contributed by atoms with Gasteiger partial charge in [0.25, 0.3) is 0 Å². The number of piperazine rings is 1. The summed E-state index contributed by atoms with van der Waals surface area (Å²) in [4.78, 5) is 5.08. The Morgan fingerprint density at radius 2 is 1.89 bits per heavy atom. The Morgan fingerprint density at radius 1 is 1.16 bits per heavy atom. The van der Waals surface area contributed by atoms with Crippen LogP contribution in [0, 0.1) is 0 Å². The fraction of sp³-hybridized carbons (Fsp3) is 1.00. The highest BCUT2D eigenvalue weighted by Gasteiger charge is 2.41. The zero-order valence-electron chi connectivity index (χ0n) is 12.3. The third-order valence-electron chi connectivity index (χ3n) is 5.26. The van der Waals surface area contributed by atoms with Crippen molar-refractivity contribution >= 4 is 0 Å². The molecule has 4 heteroatoms. The van der Waals surface area contributed by atoms with Gasteiger partial charge in [-0.25, -0.2) is 0 Å². The molecule has 1 aliphatic heterocycles. The van der Waals surface area contributed by atoms with E-state index in [0.717, 1.165) is 12.8 Å². The van der Waals surface area contributed by atoms with E-state index in [-0.39, 0.29) is 5.54 Å². The molecule has 0 aromatic carbocycles.